The Morgan fingerprint density at radius 3 is 1.78 bits per heavy atom. The van der Waals surface area contributed by atoms with Crippen molar-refractivity contribution in [3.8, 4) is 0 Å². The molecule has 1 amide bonds. The molecule has 0 spiro atoms. The second-order valence-corrected chi connectivity index (χ2v) is 9.19. The molecule has 0 bridgehead atoms. The minimum atomic E-state index is -1.15. The maximum atomic E-state index is 12.3. The zero-order chi connectivity index (χ0) is 21.4. The van der Waals surface area contributed by atoms with Gasteiger partial charge in [0.25, 0.3) is 0 Å². The molecule has 7 nitrogen and oxygen atoms in total. The van der Waals surface area contributed by atoms with E-state index in [0.29, 0.717) is 12.8 Å². The van der Waals surface area contributed by atoms with Crippen LogP contribution in [0, 0.1) is 16.7 Å². The van der Waals surface area contributed by atoms with Crippen LogP contribution in [0.4, 0.5) is 0 Å². The Morgan fingerprint density at radius 2 is 1.37 bits per heavy atom. The van der Waals surface area contributed by atoms with Crippen molar-refractivity contribution in [3.05, 3.63) is 0 Å². The quantitative estimate of drug-likeness (QED) is 0.447. The number of carbonyl (C=O) groups excluding carboxylic acids is 2. The maximum absolute atomic E-state index is 12.3. The number of nitrogens with one attached hydrogen (secondary N) is 1. The summed E-state index contributed by atoms with van der Waals surface area (Å²) in [5, 5.41) is 20.8. The molecule has 156 valence electrons. The lowest BCUT2D eigenvalue weighted by atomic mass is 9.76. The van der Waals surface area contributed by atoms with Gasteiger partial charge < -0.3 is 15.5 Å². The van der Waals surface area contributed by atoms with Crippen LogP contribution in [0.2, 0.25) is 0 Å². The Balaban J connectivity index is 4.66. The van der Waals surface area contributed by atoms with Crippen LogP contribution in [0.3, 0.4) is 0 Å². The second kappa shape index (κ2) is 10.4. The van der Waals surface area contributed by atoms with E-state index in [9.17, 15) is 24.3 Å². The van der Waals surface area contributed by atoms with Gasteiger partial charge in [0.1, 0.15) is 11.8 Å². The SMILES string of the molecule is CC(C)C(=O)CC[C@H](NC(=O)CC(C)(C)CCC(C)(C)CC(=O)O)C(=O)O. The molecule has 0 aliphatic rings. The molecule has 1 atom stereocenters. The first kappa shape index (κ1) is 25.1. The van der Waals surface area contributed by atoms with Crippen LogP contribution in [0.5, 0.6) is 0 Å². The van der Waals surface area contributed by atoms with Gasteiger partial charge in [-0.1, -0.05) is 41.5 Å². The van der Waals surface area contributed by atoms with E-state index in [0.717, 1.165) is 0 Å². The van der Waals surface area contributed by atoms with E-state index >= 15 is 0 Å². The third kappa shape index (κ3) is 11.4. The molecule has 0 heterocycles. The van der Waals surface area contributed by atoms with Crippen LogP contribution in [0.25, 0.3) is 0 Å². The molecule has 0 aromatic heterocycles. The molecule has 0 rings (SSSR count). The largest absolute Gasteiger partial charge is 0.481 e. The maximum Gasteiger partial charge on any atom is 0.326 e. The summed E-state index contributed by atoms with van der Waals surface area (Å²) < 4.78 is 0. The summed E-state index contributed by atoms with van der Waals surface area (Å²) in [5.74, 6) is -2.57. The number of ketones is 1. The zero-order valence-electron chi connectivity index (χ0n) is 17.4. The first-order chi connectivity index (χ1) is 12.1. The Hall–Kier alpha value is -1.92. The molecule has 0 aliphatic carbocycles. The van der Waals surface area contributed by atoms with Crippen LogP contribution in [-0.2, 0) is 19.2 Å². The minimum absolute atomic E-state index is 0.0310. The summed E-state index contributed by atoms with van der Waals surface area (Å²) in [7, 11) is 0. The summed E-state index contributed by atoms with van der Waals surface area (Å²) >= 11 is 0. The van der Waals surface area contributed by atoms with Crippen molar-refractivity contribution in [2.75, 3.05) is 0 Å². The van der Waals surface area contributed by atoms with E-state index in [1.807, 2.05) is 27.7 Å². The summed E-state index contributed by atoms with van der Waals surface area (Å²) in [6.07, 6.45) is 1.67. The van der Waals surface area contributed by atoms with Gasteiger partial charge in [-0.05, 0) is 30.1 Å². The minimum Gasteiger partial charge on any atom is -0.481 e. The standard InChI is InChI=1S/C20H35NO6/c1-13(2)15(22)8-7-14(18(26)27)21-16(23)11-19(3,4)9-10-20(5,6)12-17(24)25/h13-14H,7-12H2,1-6H3,(H,21,23)(H,24,25)(H,26,27)/t14-/m0/s1. The predicted molar refractivity (Wildman–Crippen MR) is 102 cm³/mol. The number of carboxylic acids is 2. The molecule has 0 saturated heterocycles. The molecule has 0 aliphatic heterocycles. The normalized spacial score (nSPS) is 13.3. The molecule has 0 radical (unpaired) electrons. The molecular formula is C20H35NO6. The van der Waals surface area contributed by atoms with E-state index in [-0.39, 0.29) is 48.7 Å². The number of hydrogen-bond donors (Lipinski definition) is 3. The van der Waals surface area contributed by atoms with Crippen molar-refractivity contribution in [3.63, 3.8) is 0 Å². The third-order valence-corrected chi connectivity index (χ3v) is 4.70. The Labute approximate surface area is 161 Å². The fourth-order valence-electron chi connectivity index (χ4n) is 2.78. The highest BCUT2D eigenvalue weighted by atomic mass is 16.4. The Morgan fingerprint density at radius 1 is 0.889 bits per heavy atom. The summed E-state index contributed by atoms with van der Waals surface area (Å²) in [6, 6.07) is -1.08. The smallest absolute Gasteiger partial charge is 0.326 e. The Bertz CT molecular complexity index is 551. The monoisotopic (exact) mass is 385 g/mol. The van der Waals surface area contributed by atoms with E-state index < -0.39 is 23.4 Å². The van der Waals surface area contributed by atoms with Gasteiger partial charge in [-0.2, -0.15) is 0 Å². The van der Waals surface area contributed by atoms with E-state index in [1.54, 1.807) is 13.8 Å². The third-order valence-electron chi connectivity index (χ3n) is 4.70. The van der Waals surface area contributed by atoms with E-state index in [2.05, 4.69) is 5.32 Å². The van der Waals surface area contributed by atoms with Crippen molar-refractivity contribution in [2.45, 2.75) is 86.1 Å². The first-order valence-corrected chi connectivity index (χ1v) is 9.42. The Kier molecular flexibility index (Phi) is 9.68. The van der Waals surface area contributed by atoms with Gasteiger partial charge in [-0.25, -0.2) is 4.79 Å². The number of Topliss-reactive ketones (excluding diaryl/α,β-unsaturated/α-hetero) is 1. The molecular weight excluding hydrogens is 350 g/mol. The molecule has 27 heavy (non-hydrogen) atoms. The molecule has 0 unspecified atom stereocenters. The van der Waals surface area contributed by atoms with Crippen molar-refractivity contribution < 1.29 is 29.4 Å². The van der Waals surface area contributed by atoms with Crippen molar-refractivity contribution in [1.29, 1.82) is 0 Å². The molecule has 7 heteroatoms. The molecule has 0 aromatic carbocycles. The first-order valence-electron chi connectivity index (χ1n) is 9.42. The zero-order valence-corrected chi connectivity index (χ0v) is 17.4. The summed E-state index contributed by atoms with van der Waals surface area (Å²) in [5.41, 5.74) is -0.767. The van der Waals surface area contributed by atoms with Crippen LogP contribution >= 0.6 is 0 Å². The topological polar surface area (TPSA) is 121 Å². The highest BCUT2D eigenvalue weighted by molar-refractivity contribution is 5.85. The number of carbonyl (C=O) groups is 4. The van der Waals surface area contributed by atoms with Gasteiger partial charge in [-0.3, -0.25) is 14.4 Å². The second-order valence-electron chi connectivity index (χ2n) is 9.19. The molecule has 0 fully saturated rings. The number of hydrogen-bond acceptors (Lipinski definition) is 4. The van der Waals surface area contributed by atoms with Crippen molar-refractivity contribution in [1.82, 2.24) is 5.32 Å². The summed E-state index contributed by atoms with van der Waals surface area (Å²) in [4.78, 5) is 46.3. The lowest BCUT2D eigenvalue weighted by molar-refractivity contribution is -0.142. The van der Waals surface area contributed by atoms with Gasteiger partial charge >= 0.3 is 11.9 Å². The highest BCUT2D eigenvalue weighted by Gasteiger charge is 2.29. The van der Waals surface area contributed by atoms with Gasteiger partial charge in [0.15, 0.2) is 0 Å². The van der Waals surface area contributed by atoms with Crippen LogP contribution in [0.1, 0.15) is 80.1 Å². The molecule has 0 saturated carbocycles. The fraction of sp³-hybridized carbons (Fsp3) is 0.800. The predicted octanol–water partition coefficient (Wildman–Crippen LogP) is 3.26. The highest BCUT2D eigenvalue weighted by Crippen LogP contribution is 2.35. The number of rotatable bonds is 13. The average molecular weight is 386 g/mol. The lowest BCUT2D eigenvalue weighted by Crippen LogP contribution is -2.42. The number of carboxylic acid groups (broad SMARTS) is 2. The molecule has 3 N–H and O–H groups in total. The molecule has 0 aromatic rings. The van der Waals surface area contributed by atoms with Crippen LogP contribution in [0.15, 0.2) is 0 Å². The van der Waals surface area contributed by atoms with Crippen molar-refractivity contribution >= 4 is 23.6 Å². The van der Waals surface area contributed by atoms with Gasteiger partial charge in [-0.15, -0.1) is 0 Å². The average Bonchev–Trinajstić information content (AvgIpc) is 2.47. The lowest BCUT2D eigenvalue weighted by Gasteiger charge is -2.30. The van der Waals surface area contributed by atoms with Gasteiger partial charge in [0, 0.05) is 18.8 Å². The van der Waals surface area contributed by atoms with Crippen molar-refractivity contribution in [2.24, 2.45) is 16.7 Å². The number of amides is 1. The van der Waals surface area contributed by atoms with Crippen LogP contribution in [-0.4, -0.2) is 39.9 Å². The van der Waals surface area contributed by atoms with Crippen LogP contribution < -0.4 is 5.32 Å². The van der Waals surface area contributed by atoms with Gasteiger partial charge in [0.05, 0.1) is 6.42 Å². The van der Waals surface area contributed by atoms with E-state index in [4.69, 9.17) is 5.11 Å². The fourth-order valence-corrected chi connectivity index (χ4v) is 2.78. The summed E-state index contributed by atoms with van der Waals surface area (Å²) in [6.45, 7) is 11.1. The number of aliphatic carboxylic acids is 2. The van der Waals surface area contributed by atoms with E-state index in [1.165, 1.54) is 0 Å². The van der Waals surface area contributed by atoms with Gasteiger partial charge in [0.2, 0.25) is 5.91 Å².